The number of allylic oxidation sites excluding steroid dienone is 1. The molecule has 0 aromatic heterocycles. The number of rotatable bonds is 5. The maximum Gasteiger partial charge on any atom is 0.246 e. The van der Waals surface area contributed by atoms with Crippen molar-refractivity contribution in [3.05, 3.63) is 42.0 Å². The summed E-state index contributed by atoms with van der Waals surface area (Å²) in [4.78, 5) is 22.7. The van der Waals surface area contributed by atoms with Crippen LogP contribution >= 0.6 is 0 Å². The fourth-order valence-corrected chi connectivity index (χ4v) is 1.44. The monoisotopic (exact) mass is 248 g/mol. The Kier molecular flexibility index (Phi) is 5.56. The molecule has 0 fully saturated rings. The first-order chi connectivity index (χ1) is 8.69. The second kappa shape index (κ2) is 7.21. The average Bonchev–Trinajstić information content (AvgIpc) is 2.43. The molecule has 0 atom stereocenters. The van der Waals surface area contributed by atoms with Crippen molar-refractivity contribution >= 4 is 17.9 Å². The van der Waals surface area contributed by atoms with Crippen LogP contribution in [0.3, 0.4) is 0 Å². The summed E-state index contributed by atoms with van der Waals surface area (Å²) in [5, 5.41) is 0. The first kappa shape index (κ1) is 13.9. The van der Waals surface area contributed by atoms with Gasteiger partial charge in [0, 0.05) is 0 Å². The first-order valence-corrected chi connectivity index (χ1v) is 5.41. The van der Waals surface area contributed by atoms with Gasteiger partial charge in [-0.3, -0.25) is 20.4 Å². The zero-order chi connectivity index (χ0) is 13.4. The molecule has 0 heterocycles. The number of hydrogen-bond acceptors (Lipinski definition) is 4. The molecule has 2 amide bonds. The van der Waals surface area contributed by atoms with Crippen molar-refractivity contribution in [3.8, 4) is 0 Å². The van der Waals surface area contributed by atoms with Crippen LogP contribution in [0.25, 0.3) is 6.08 Å². The van der Waals surface area contributed by atoms with Gasteiger partial charge in [0.1, 0.15) is 5.92 Å². The lowest BCUT2D eigenvalue weighted by Gasteiger charge is -2.10. The molecule has 0 aliphatic heterocycles. The number of amides is 2. The Balaban J connectivity index is 2.65. The van der Waals surface area contributed by atoms with Crippen molar-refractivity contribution in [2.75, 3.05) is 0 Å². The Hall–Kier alpha value is -2.18. The molecule has 18 heavy (non-hydrogen) atoms. The largest absolute Gasteiger partial charge is 0.294 e. The van der Waals surface area contributed by atoms with Crippen molar-refractivity contribution in [3.63, 3.8) is 0 Å². The van der Waals surface area contributed by atoms with Crippen LogP contribution in [0.2, 0.25) is 0 Å². The van der Waals surface area contributed by atoms with Crippen molar-refractivity contribution in [1.29, 1.82) is 0 Å². The highest BCUT2D eigenvalue weighted by atomic mass is 16.2. The number of hydrazine groups is 2. The fraction of sp³-hybridized carbons (Fsp3) is 0.167. The molecule has 1 aromatic rings. The minimum absolute atomic E-state index is 0.223. The van der Waals surface area contributed by atoms with Gasteiger partial charge in [-0.2, -0.15) is 0 Å². The normalized spacial score (nSPS) is 10.6. The van der Waals surface area contributed by atoms with Gasteiger partial charge in [0.15, 0.2) is 0 Å². The van der Waals surface area contributed by atoms with Crippen LogP contribution in [0.1, 0.15) is 12.0 Å². The molecule has 0 saturated carbocycles. The van der Waals surface area contributed by atoms with Gasteiger partial charge in [0.05, 0.1) is 0 Å². The number of benzene rings is 1. The Labute approximate surface area is 105 Å². The highest BCUT2D eigenvalue weighted by molar-refractivity contribution is 6.00. The zero-order valence-electron chi connectivity index (χ0n) is 9.80. The summed E-state index contributed by atoms with van der Waals surface area (Å²) in [6, 6.07) is 9.53. The van der Waals surface area contributed by atoms with Gasteiger partial charge in [0.2, 0.25) is 11.8 Å². The molecule has 0 aliphatic carbocycles. The summed E-state index contributed by atoms with van der Waals surface area (Å²) in [6.45, 7) is 0. The van der Waals surface area contributed by atoms with Crippen LogP contribution in [0.4, 0.5) is 0 Å². The number of nitrogens with one attached hydrogen (secondary N) is 2. The van der Waals surface area contributed by atoms with E-state index in [9.17, 15) is 9.59 Å². The molecule has 0 radical (unpaired) electrons. The van der Waals surface area contributed by atoms with Gasteiger partial charge >= 0.3 is 0 Å². The van der Waals surface area contributed by atoms with Crippen LogP contribution in [-0.4, -0.2) is 11.8 Å². The Bertz CT molecular complexity index is 415. The van der Waals surface area contributed by atoms with E-state index in [2.05, 4.69) is 0 Å². The van der Waals surface area contributed by atoms with Crippen LogP contribution in [0, 0.1) is 5.92 Å². The molecule has 0 spiro atoms. The van der Waals surface area contributed by atoms with E-state index in [4.69, 9.17) is 11.7 Å². The minimum atomic E-state index is -0.931. The third-order valence-electron chi connectivity index (χ3n) is 2.40. The molecule has 0 bridgehead atoms. The molecular weight excluding hydrogens is 232 g/mol. The molecule has 0 unspecified atom stereocenters. The number of carbonyl (C=O) groups is 2. The lowest BCUT2D eigenvalue weighted by atomic mass is 10.0. The average molecular weight is 248 g/mol. The molecule has 6 nitrogen and oxygen atoms in total. The minimum Gasteiger partial charge on any atom is -0.294 e. The maximum absolute atomic E-state index is 11.4. The number of carbonyl (C=O) groups excluding carboxylic acids is 2. The summed E-state index contributed by atoms with van der Waals surface area (Å²) in [6.07, 6.45) is 3.77. The lowest BCUT2D eigenvalue weighted by molar-refractivity contribution is -0.135. The van der Waals surface area contributed by atoms with Gasteiger partial charge in [-0.25, -0.2) is 11.7 Å². The van der Waals surface area contributed by atoms with Gasteiger partial charge in [-0.05, 0) is 12.0 Å². The van der Waals surface area contributed by atoms with E-state index in [-0.39, 0.29) is 6.42 Å². The van der Waals surface area contributed by atoms with Gasteiger partial charge in [0.25, 0.3) is 0 Å². The highest BCUT2D eigenvalue weighted by Crippen LogP contribution is 2.08. The van der Waals surface area contributed by atoms with Crippen molar-refractivity contribution in [2.45, 2.75) is 6.42 Å². The standard InChI is InChI=1S/C12H16N4O2/c13-15-11(17)10(12(18)16-14)8-4-7-9-5-2-1-3-6-9/h1-7,10H,8,13-14H2,(H,15,17)(H,16,18)/b7-4+. The molecular formula is C12H16N4O2. The Morgan fingerprint density at radius 2 is 1.67 bits per heavy atom. The van der Waals surface area contributed by atoms with Crippen LogP contribution < -0.4 is 22.5 Å². The van der Waals surface area contributed by atoms with Crippen molar-refractivity contribution in [1.82, 2.24) is 10.9 Å². The van der Waals surface area contributed by atoms with Crippen molar-refractivity contribution < 1.29 is 9.59 Å². The summed E-state index contributed by atoms with van der Waals surface area (Å²) in [7, 11) is 0. The van der Waals surface area contributed by atoms with Crippen LogP contribution in [-0.2, 0) is 9.59 Å². The Morgan fingerprint density at radius 3 is 2.17 bits per heavy atom. The first-order valence-electron chi connectivity index (χ1n) is 5.41. The molecule has 96 valence electrons. The van der Waals surface area contributed by atoms with Gasteiger partial charge in [-0.15, -0.1) is 0 Å². The van der Waals surface area contributed by atoms with E-state index in [1.54, 1.807) is 6.08 Å². The van der Waals surface area contributed by atoms with E-state index < -0.39 is 17.7 Å². The lowest BCUT2D eigenvalue weighted by Crippen LogP contribution is -2.45. The molecule has 1 aromatic carbocycles. The predicted octanol–water partition coefficient (Wildman–Crippen LogP) is -0.314. The van der Waals surface area contributed by atoms with E-state index in [1.165, 1.54) is 0 Å². The number of nitrogens with two attached hydrogens (primary N) is 2. The second-order valence-corrected chi connectivity index (χ2v) is 3.62. The molecule has 6 N–H and O–H groups in total. The SMILES string of the molecule is NNC(=O)C(C/C=C/c1ccccc1)C(=O)NN. The fourth-order valence-electron chi connectivity index (χ4n) is 1.44. The summed E-state index contributed by atoms with van der Waals surface area (Å²) >= 11 is 0. The van der Waals surface area contributed by atoms with Crippen LogP contribution in [0.15, 0.2) is 36.4 Å². The zero-order valence-corrected chi connectivity index (χ0v) is 9.80. The smallest absolute Gasteiger partial charge is 0.246 e. The highest BCUT2D eigenvalue weighted by Gasteiger charge is 2.23. The predicted molar refractivity (Wildman–Crippen MR) is 68.2 cm³/mol. The summed E-state index contributed by atoms with van der Waals surface area (Å²) in [5.74, 6) is 7.93. The van der Waals surface area contributed by atoms with E-state index in [0.29, 0.717) is 0 Å². The van der Waals surface area contributed by atoms with E-state index >= 15 is 0 Å². The Morgan fingerprint density at radius 1 is 1.11 bits per heavy atom. The quantitative estimate of drug-likeness (QED) is 0.248. The van der Waals surface area contributed by atoms with Gasteiger partial charge < -0.3 is 0 Å². The topological polar surface area (TPSA) is 110 Å². The molecule has 0 aliphatic rings. The van der Waals surface area contributed by atoms with Gasteiger partial charge in [-0.1, -0.05) is 42.5 Å². The van der Waals surface area contributed by atoms with E-state index in [0.717, 1.165) is 5.56 Å². The number of hydrogen-bond donors (Lipinski definition) is 4. The third kappa shape index (κ3) is 4.00. The maximum atomic E-state index is 11.4. The molecule has 0 saturated heterocycles. The summed E-state index contributed by atoms with van der Waals surface area (Å²) < 4.78 is 0. The summed E-state index contributed by atoms with van der Waals surface area (Å²) in [5.41, 5.74) is 4.86. The van der Waals surface area contributed by atoms with Crippen LogP contribution in [0.5, 0.6) is 0 Å². The molecule has 1 rings (SSSR count). The second-order valence-electron chi connectivity index (χ2n) is 3.62. The van der Waals surface area contributed by atoms with Crippen molar-refractivity contribution in [2.24, 2.45) is 17.6 Å². The third-order valence-corrected chi connectivity index (χ3v) is 2.40. The molecule has 6 heteroatoms. The van der Waals surface area contributed by atoms with E-state index in [1.807, 2.05) is 47.3 Å².